The van der Waals surface area contributed by atoms with Gasteiger partial charge in [-0.1, -0.05) is 30.3 Å². The monoisotopic (exact) mass is 355 g/mol. The van der Waals surface area contributed by atoms with E-state index in [2.05, 4.69) is 15.0 Å². The molecule has 0 spiro atoms. The summed E-state index contributed by atoms with van der Waals surface area (Å²) < 4.78 is 27.4. The zero-order valence-corrected chi connectivity index (χ0v) is 14.4. The van der Waals surface area contributed by atoms with Gasteiger partial charge in [-0.3, -0.25) is 9.78 Å². The van der Waals surface area contributed by atoms with Crippen molar-refractivity contribution in [2.45, 2.75) is 11.8 Å². The fraction of sp³-hybridized carbons (Fsp3) is 0.111. The van der Waals surface area contributed by atoms with Gasteiger partial charge in [0.2, 0.25) is 15.9 Å². The maximum Gasteiger partial charge on any atom is 0.243 e. The van der Waals surface area contributed by atoms with Gasteiger partial charge in [-0.05, 0) is 36.8 Å². The van der Waals surface area contributed by atoms with Crippen LogP contribution in [0.2, 0.25) is 0 Å². The van der Waals surface area contributed by atoms with Crippen molar-refractivity contribution in [3.63, 3.8) is 0 Å². The maximum atomic E-state index is 12.5. The number of aromatic nitrogens is 1. The summed E-state index contributed by atoms with van der Waals surface area (Å²) >= 11 is 0. The average Bonchev–Trinajstić information content (AvgIpc) is 2.59. The topological polar surface area (TPSA) is 88.2 Å². The van der Waals surface area contributed by atoms with Gasteiger partial charge in [-0.15, -0.1) is 0 Å². The van der Waals surface area contributed by atoms with E-state index in [4.69, 9.17) is 0 Å². The second kappa shape index (κ2) is 7.00. The molecule has 3 rings (SSSR count). The number of hydrogen-bond acceptors (Lipinski definition) is 4. The van der Waals surface area contributed by atoms with Crippen LogP contribution in [0.25, 0.3) is 10.9 Å². The molecular formula is C18H17N3O3S. The third-order valence-corrected chi connectivity index (χ3v) is 5.04. The number of aryl methyl sites for hydroxylation is 1. The number of rotatable bonds is 5. The smallest absolute Gasteiger partial charge is 0.243 e. The molecule has 0 aliphatic heterocycles. The van der Waals surface area contributed by atoms with Crippen molar-refractivity contribution in [3.05, 3.63) is 66.4 Å². The minimum Gasteiger partial charge on any atom is -0.325 e. The quantitative estimate of drug-likeness (QED) is 0.736. The summed E-state index contributed by atoms with van der Waals surface area (Å²) in [5.41, 5.74) is 1.99. The molecule has 25 heavy (non-hydrogen) atoms. The molecule has 6 nitrogen and oxygen atoms in total. The van der Waals surface area contributed by atoms with Crippen molar-refractivity contribution in [2.24, 2.45) is 0 Å². The number of carbonyl (C=O) groups excluding carboxylic acids is 1. The molecule has 2 N–H and O–H groups in total. The van der Waals surface area contributed by atoms with Gasteiger partial charge >= 0.3 is 0 Å². The van der Waals surface area contributed by atoms with Crippen LogP contribution in [0, 0.1) is 6.92 Å². The summed E-state index contributed by atoms with van der Waals surface area (Å²) in [6, 6.07) is 15.7. The van der Waals surface area contributed by atoms with E-state index in [9.17, 15) is 13.2 Å². The van der Waals surface area contributed by atoms with Crippen LogP contribution >= 0.6 is 0 Å². The molecule has 0 bridgehead atoms. The SMILES string of the molecule is Cc1cccc(NC(=O)CNS(=O)(=O)c2cccc3cccnc23)c1. The highest BCUT2D eigenvalue weighted by molar-refractivity contribution is 7.89. The van der Waals surface area contributed by atoms with Crippen LogP contribution in [0.15, 0.2) is 65.7 Å². The van der Waals surface area contributed by atoms with Gasteiger partial charge in [0.1, 0.15) is 4.90 Å². The van der Waals surface area contributed by atoms with E-state index in [-0.39, 0.29) is 11.4 Å². The highest BCUT2D eigenvalue weighted by Crippen LogP contribution is 2.20. The van der Waals surface area contributed by atoms with Crippen molar-refractivity contribution >= 4 is 32.5 Å². The van der Waals surface area contributed by atoms with Crippen LogP contribution in [-0.4, -0.2) is 25.9 Å². The summed E-state index contributed by atoms with van der Waals surface area (Å²) in [4.78, 5) is 16.2. The van der Waals surface area contributed by atoms with Crippen molar-refractivity contribution in [2.75, 3.05) is 11.9 Å². The Morgan fingerprint density at radius 3 is 2.64 bits per heavy atom. The Labute approximate surface area is 146 Å². The van der Waals surface area contributed by atoms with E-state index in [0.717, 1.165) is 10.9 Å². The van der Waals surface area contributed by atoms with Crippen LogP contribution in [0.1, 0.15) is 5.56 Å². The predicted octanol–water partition coefficient (Wildman–Crippen LogP) is 2.46. The molecular weight excluding hydrogens is 338 g/mol. The lowest BCUT2D eigenvalue weighted by atomic mass is 10.2. The van der Waals surface area contributed by atoms with Gasteiger partial charge in [-0.25, -0.2) is 13.1 Å². The Morgan fingerprint density at radius 1 is 1.08 bits per heavy atom. The number of hydrogen-bond donors (Lipinski definition) is 2. The highest BCUT2D eigenvalue weighted by atomic mass is 32.2. The number of sulfonamides is 1. The second-order valence-corrected chi connectivity index (χ2v) is 7.31. The Balaban J connectivity index is 1.74. The molecule has 0 saturated carbocycles. The molecule has 0 unspecified atom stereocenters. The van der Waals surface area contributed by atoms with E-state index in [1.165, 1.54) is 12.3 Å². The molecule has 2 aromatic carbocycles. The van der Waals surface area contributed by atoms with Crippen LogP contribution < -0.4 is 10.0 Å². The van der Waals surface area contributed by atoms with Crippen molar-refractivity contribution < 1.29 is 13.2 Å². The van der Waals surface area contributed by atoms with E-state index in [0.29, 0.717) is 11.2 Å². The number of benzene rings is 2. The summed E-state index contributed by atoms with van der Waals surface area (Å²) in [6.07, 6.45) is 1.53. The number of amides is 1. The third-order valence-electron chi connectivity index (χ3n) is 3.61. The van der Waals surface area contributed by atoms with E-state index in [1.54, 1.807) is 36.4 Å². The summed E-state index contributed by atoms with van der Waals surface area (Å²) in [5.74, 6) is -0.442. The summed E-state index contributed by atoms with van der Waals surface area (Å²) in [5, 5.41) is 3.38. The molecule has 1 aromatic heterocycles. The van der Waals surface area contributed by atoms with Crippen molar-refractivity contribution in [1.82, 2.24) is 9.71 Å². The molecule has 0 fully saturated rings. The van der Waals surface area contributed by atoms with Crippen molar-refractivity contribution in [1.29, 1.82) is 0 Å². The zero-order chi connectivity index (χ0) is 17.9. The number of fused-ring (bicyclic) bond motifs is 1. The Morgan fingerprint density at radius 2 is 1.84 bits per heavy atom. The molecule has 0 aliphatic carbocycles. The van der Waals surface area contributed by atoms with Gasteiger partial charge in [0.05, 0.1) is 12.1 Å². The largest absolute Gasteiger partial charge is 0.325 e. The molecule has 0 radical (unpaired) electrons. The fourth-order valence-electron chi connectivity index (χ4n) is 2.46. The van der Waals surface area contributed by atoms with E-state index >= 15 is 0 Å². The second-order valence-electron chi connectivity index (χ2n) is 5.57. The van der Waals surface area contributed by atoms with Gasteiger partial charge in [0.25, 0.3) is 0 Å². The van der Waals surface area contributed by atoms with Crippen LogP contribution in [0.5, 0.6) is 0 Å². The van der Waals surface area contributed by atoms with E-state index < -0.39 is 15.9 Å². The molecule has 0 aliphatic rings. The predicted molar refractivity (Wildman–Crippen MR) is 96.7 cm³/mol. The number of pyridine rings is 1. The van der Waals surface area contributed by atoms with Gasteiger partial charge in [0.15, 0.2) is 0 Å². The lowest BCUT2D eigenvalue weighted by molar-refractivity contribution is -0.115. The third kappa shape index (κ3) is 4.01. The average molecular weight is 355 g/mol. The molecule has 1 heterocycles. The standard InChI is InChI=1S/C18H17N3O3S/c1-13-5-2-8-15(11-13)21-17(22)12-20-25(23,24)16-9-3-6-14-7-4-10-19-18(14)16/h2-11,20H,12H2,1H3,(H,21,22). The molecule has 7 heteroatoms. The van der Waals surface area contributed by atoms with Gasteiger partial charge < -0.3 is 5.32 Å². The fourth-order valence-corrected chi connectivity index (χ4v) is 3.62. The van der Waals surface area contributed by atoms with Gasteiger partial charge in [0, 0.05) is 17.3 Å². The Kier molecular flexibility index (Phi) is 4.78. The molecule has 0 saturated heterocycles. The number of para-hydroxylation sites is 1. The highest BCUT2D eigenvalue weighted by Gasteiger charge is 2.19. The number of carbonyl (C=O) groups is 1. The minimum absolute atomic E-state index is 0.0500. The lowest BCUT2D eigenvalue weighted by Gasteiger charge is -2.10. The first-order valence-electron chi connectivity index (χ1n) is 7.66. The first kappa shape index (κ1) is 17.1. The first-order chi connectivity index (χ1) is 12.0. The minimum atomic E-state index is -3.86. The molecule has 3 aromatic rings. The number of nitrogens with one attached hydrogen (secondary N) is 2. The van der Waals surface area contributed by atoms with Crippen LogP contribution in [-0.2, 0) is 14.8 Å². The summed E-state index contributed by atoms with van der Waals surface area (Å²) in [7, 11) is -3.86. The number of anilines is 1. The molecule has 0 atom stereocenters. The van der Waals surface area contributed by atoms with E-state index in [1.807, 2.05) is 19.1 Å². The molecule has 128 valence electrons. The molecule has 1 amide bonds. The van der Waals surface area contributed by atoms with Crippen LogP contribution in [0.4, 0.5) is 5.69 Å². The Bertz CT molecular complexity index is 1030. The number of nitrogens with zero attached hydrogens (tertiary/aromatic N) is 1. The normalized spacial score (nSPS) is 11.4. The summed E-state index contributed by atoms with van der Waals surface area (Å²) in [6.45, 7) is 1.55. The van der Waals surface area contributed by atoms with Crippen molar-refractivity contribution in [3.8, 4) is 0 Å². The van der Waals surface area contributed by atoms with Crippen LogP contribution in [0.3, 0.4) is 0 Å². The lowest BCUT2D eigenvalue weighted by Crippen LogP contribution is -2.33. The zero-order valence-electron chi connectivity index (χ0n) is 13.6. The maximum absolute atomic E-state index is 12.5. The Hall–Kier alpha value is -2.77. The first-order valence-corrected chi connectivity index (χ1v) is 9.14. The van der Waals surface area contributed by atoms with Gasteiger partial charge in [-0.2, -0.15) is 0 Å².